The molecule has 0 fully saturated rings. The van der Waals surface area contributed by atoms with Gasteiger partial charge in [-0.3, -0.25) is 5.10 Å². The largest absolute Gasteiger partial charge is 0.280 e. The maximum Gasteiger partial charge on any atom is 0.110 e. The summed E-state index contributed by atoms with van der Waals surface area (Å²) in [5.74, 6) is 0. The van der Waals surface area contributed by atoms with Gasteiger partial charge in [0, 0.05) is 6.20 Å². The molecule has 5 nitrogen and oxygen atoms in total. The van der Waals surface area contributed by atoms with E-state index in [9.17, 15) is 0 Å². The van der Waals surface area contributed by atoms with E-state index >= 15 is 0 Å². The fraction of sp³-hybridized carbons (Fsp3) is 0.167. The molecule has 1 aromatic heterocycles. The summed E-state index contributed by atoms with van der Waals surface area (Å²) in [5.41, 5.74) is 2.27. The third-order valence-corrected chi connectivity index (χ3v) is 2.32. The highest BCUT2D eigenvalue weighted by molar-refractivity contribution is 5.42. The van der Waals surface area contributed by atoms with Crippen LogP contribution in [-0.4, -0.2) is 10.2 Å². The number of hydrogen-bond acceptors (Lipinski definition) is 4. The van der Waals surface area contributed by atoms with Crippen molar-refractivity contribution in [2.45, 2.75) is 13.0 Å². The van der Waals surface area contributed by atoms with Gasteiger partial charge in [0.05, 0.1) is 23.0 Å². The minimum Gasteiger partial charge on any atom is -0.280 e. The number of H-pyrrole nitrogens is 1. The van der Waals surface area contributed by atoms with Crippen LogP contribution in [-0.2, 0) is 0 Å². The van der Waals surface area contributed by atoms with Crippen LogP contribution >= 0.6 is 0 Å². The topological polar surface area (TPSA) is 77.2 Å². The van der Waals surface area contributed by atoms with Crippen LogP contribution in [0.4, 0.5) is 5.69 Å². The lowest BCUT2D eigenvalue weighted by molar-refractivity contribution is 0.729. The molecule has 1 aromatic carbocycles. The smallest absolute Gasteiger partial charge is 0.110 e. The van der Waals surface area contributed by atoms with Crippen LogP contribution in [0.5, 0.6) is 0 Å². The van der Waals surface area contributed by atoms with Crippen LogP contribution < -0.4 is 0 Å². The van der Waals surface area contributed by atoms with E-state index in [1.165, 1.54) is 0 Å². The predicted octanol–water partition coefficient (Wildman–Crippen LogP) is 3.13. The highest BCUT2D eigenvalue weighted by atomic mass is 15.2. The molecule has 0 saturated heterocycles. The first-order valence-electron chi connectivity index (χ1n) is 5.20. The SMILES string of the molecule is CC(N=Nc1ccc(C#N)cc1)c1ccn[nH]1. The van der Waals surface area contributed by atoms with Gasteiger partial charge < -0.3 is 0 Å². The summed E-state index contributed by atoms with van der Waals surface area (Å²) in [6.07, 6.45) is 1.68. The van der Waals surface area contributed by atoms with Crippen LogP contribution in [0.1, 0.15) is 24.2 Å². The van der Waals surface area contributed by atoms with Gasteiger partial charge in [-0.1, -0.05) is 0 Å². The van der Waals surface area contributed by atoms with E-state index in [1.54, 1.807) is 30.5 Å². The van der Waals surface area contributed by atoms with Gasteiger partial charge >= 0.3 is 0 Å². The molecule has 1 atom stereocenters. The maximum absolute atomic E-state index is 8.66. The second-order valence-electron chi connectivity index (χ2n) is 3.56. The number of nitrogens with zero attached hydrogens (tertiary/aromatic N) is 4. The van der Waals surface area contributed by atoms with Crippen molar-refractivity contribution >= 4 is 5.69 Å². The minimum absolute atomic E-state index is 0.0619. The standard InChI is InChI=1S/C12H11N5/c1-9(12-6-7-14-17-12)15-16-11-4-2-10(8-13)3-5-11/h2-7,9H,1H3,(H,14,17). The fourth-order valence-corrected chi connectivity index (χ4v) is 1.32. The van der Waals surface area contributed by atoms with Crippen LogP contribution in [0.25, 0.3) is 0 Å². The Morgan fingerprint density at radius 1 is 1.29 bits per heavy atom. The van der Waals surface area contributed by atoms with Gasteiger partial charge in [-0.2, -0.15) is 20.6 Å². The normalized spacial score (nSPS) is 12.5. The van der Waals surface area contributed by atoms with Crippen molar-refractivity contribution in [3.8, 4) is 6.07 Å². The molecule has 0 amide bonds. The minimum atomic E-state index is -0.0619. The number of rotatable bonds is 3. The quantitative estimate of drug-likeness (QED) is 0.814. The van der Waals surface area contributed by atoms with E-state index in [4.69, 9.17) is 5.26 Å². The van der Waals surface area contributed by atoms with Crippen molar-refractivity contribution in [3.63, 3.8) is 0 Å². The lowest BCUT2D eigenvalue weighted by Gasteiger charge is -2.00. The van der Waals surface area contributed by atoms with E-state index in [1.807, 2.05) is 13.0 Å². The summed E-state index contributed by atoms with van der Waals surface area (Å²) in [7, 11) is 0. The third kappa shape index (κ3) is 2.75. The van der Waals surface area contributed by atoms with Gasteiger partial charge in [0.15, 0.2) is 0 Å². The van der Waals surface area contributed by atoms with Crippen LogP contribution in [0.3, 0.4) is 0 Å². The van der Waals surface area contributed by atoms with E-state index in [0.717, 1.165) is 11.4 Å². The molecule has 0 aliphatic carbocycles. The first-order chi connectivity index (χ1) is 8.29. The highest BCUT2D eigenvalue weighted by Gasteiger charge is 2.03. The van der Waals surface area contributed by atoms with Gasteiger partial charge in [-0.05, 0) is 37.3 Å². The van der Waals surface area contributed by atoms with Gasteiger partial charge in [0.2, 0.25) is 0 Å². The van der Waals surface area contributed by atoms with Gasteiger partial charge in [-0.15, -0.1) is 0 Å². The lowest BCUT2D eigenvalue weighted by atomic mass is 10.2. The van der Waals surface area contributed by atoms with Crippen molar-refractivity contribution in [3.05, 3.63) is 47.8 Å². The van der Waals surface area contributed by atoms with E-state index < -0.39 is 0 Å². The van der Waals surface area contributed by atoms with Crippen molar-refractivity contribution in [2.24, 2.45) is 10.2 Å². The number of aromatic amines is 1. The molecule has 0 saturated carbocycles. The molecule has 1 unspecified atom stereocenters. The van der Waals surface area contributed by atoms with E-state index in [0.29, 0.717) is 5.56 Å². The molecule has 2 rings (SSSR count). The molecule has 1 heterocycles. The number of azo groups is 1. The molecule has 0 aliphatic rings. The van der Waals surface area contributed by atoms with E-state index in [2.05, 4.69) is 26.5 Å². The molecule has 0 spiro atoms. The zero-order valence-electron chi connectivity index (χ0n) is 9.33. The van der Waals surface area contributed by atoms with Gasteiger partial charge in [0.25, 0.3) is 0 Å². The number of nitrogens with one attached hydrogen (secondary N) is 1. The Morgan fingerprint density at radius 3 is 2.65 bits per heavy atom. The Morgan fingerprint density at radius 2 is 2.06 bits per heavy atom. The second kappa shape index (κ2) is 5.03. The Labute approximate surface area is 98.8 Å². The van der Waals surface area contributed by atoms with Crippen molar-refractivity contribution in [1.29, 1.82) is 5.26 Å². The average molecular weight is 225 g/mol. The summed E-state index contributed by atoms with van der Waals surface area (Å²) in [6.45, 7) is 1.93. The Hall–Kier alpha value is -2.48. The monoisotopic (exact) mass is 225 g/mol. The van der Waals surface area contributed by atoms with Crippen LogP contribution in [0.2, 0.25) is 0 Å². The summed E-state index contributed by atoms with van der Waals surface area (Å²) in [5, 5.41) is 23.6. The third-order valence-electron chi connectivity index (χ3n) is 2.32. The van der Waals surface area contributed by atoms with Gasteiger partial charge in [-0.25, -0.2) is 0 Å². The highest BCUT2D eigenvalue weighted by Crippen LogP contribution is 2.18. The summed E-state index contributed by atoms with van der Waals surface area (Å²) >= 11 is 0. The molecular formula is C12H11N5. The molecule has 1 N–H and O–H groups in total. The molecule has 0 bridgehead atoms. The summed E-state index contributed by atoms with van der Waals surface area (Å²) < 4.78 is 0. The average Bonchev–Trinajstić information content (AvgIpc) is 2.90. The Bertz CT molecular complexity index is 533. The maximum atomic E-state index is 8.66. The number of hydrogen-bond donors (Lipinski definition) is 1. The molecule has 2 aromatic rings. The van der Waals surface area contributed by atoms with Crippen LogP contribution in [0.15, 0.2) is 46.8 Å². The molecule has 0 radical (unpaired) electrons. The second-order valence-corrected chi connectivity index (χ2v) is 3.56. The number of nitriles is 1. The molecule has 0 aliphatic heterocycles. The molecule has 17 heavy (non-hydrogen) atoms. The summed E-state index contributed by atoms with van der Waals surface area (Å²) in [4.78, 5) is 0. The molecular weight excluding hydrogens is 214 g/mol. The first kappa shape index (κ1) is 11.0. The predicted molar refractivity (Wildman–Crippen MR) is 62.7 cm³/mol. The molecule has 5 heteroatoms. The van der Waals surface area contributed by atoms with E-state index in [-0.39, 0.29) is 6.04 Å². The van der Waals surface area contributed by atoms with Crippen molar-refractivity contribution in [2.75, 3.05) is 0 Å². The summed E-state index contributed by atoms with van der Waals surface area (Å²) in [6, 6.07) is 10.8. The zero-order chi connectivity index (χ0) is 12.1. The van der Waals surface area contributed by atoms with Crippen LogP contribution in [0, 0.1) is 11.3 Å². The number of aromatic nitrogens is 2. The number of benzene rings is 1. The van der Waals surface area contributed by atoms with Crippen molar-refractivity contribution in [1.82, 2.24) is 10.2 Å². The molecule has 84 valence electrons. The Kier molecular flexibility index (Phi) is 3.26. The van der Waals surface area contributed by atoms with Crippen molar-refractivity contribution < 1.29 is 0 Å². The fourth-order valence-electron chi connectivity index (χ4n) is 1.32. The van der Waals surface area contributed by atoms with Gasteiger partial charge in [0.1, 0.15) is 6.04 Å². The lowest BCUT2D eigenvalue weighted by Crippen LogP contribution is -1.88. The zero-order valence-corrected chi connectivity index (χ0v) is 9.33. The first-order valence-corrected chi connectivity index (χ1v) is 5.20. The Balaban J connectivity index is 2.07.